The molecule has 0 aromatic rings. The molecule has 19 heavy (non-hydrogen) atoms. The van der Waals surface area contributed by atoms with Gasteiger partial charge in [0.05, 0.1) is 6.26 Å². The van der Waals surface area contributed by atoms with E-state index in [9.17, 15) is 39.5 Å². The summed E-state index contributed by atoms with van der Waals surface area (Å²) in [5, 5.41) is 0. The van der Waals surface area contributed by atoms with Crippen LogP contribution in [0.25, 0.3) is 0 Å². The van der Waals surface area contributed by atoms with E-state index in [-0.39, 0.29) is 6.26 Å². The minimum absolute atomic E-state index is 0.283. The maximum Gasteiger partial charge on any atom is 0.452 e. The number of hydrogen-bond donors (Lipinski definition) is 0. The van der Waals surface area contributed by atoms with Gasteiger partial charge in [-0.1, -0.05) is 6.58 Å². The minimum Gasteiger partial charge on any atom is -0.495 e. The van der Waals surface area contributed by atoms with Crippen molar-refractivity contribution >= 4 is 0 Å². The van der Waals surface area contributed by atoms with E-state index in [1.165, 1.54) is 0 Å². The fourth-order valence-corrected chi connectivity index (χ4v) is 0.841. The lowest BCUT2D eigenvalue weighted by atomic mass is 10.3. The molecule has 0 aliphatic heterocycles. The first-order valence-corrected chi connectivity index (χ1v) is 4.35. The lowest BCUT2D eigenvalue weighted by molar-refractivity contribution is -0.428. The molecule has 0 aliphatic carbocycles. The van der Waals surface area contributed by atoms with E-state index in [0.29, 0.717) is 0 Å². The Kier molecular flexibility index (Phi) is 5.14. The summed E-state index contributed by atoms with van der Waals surface area (Å²) in [6.07, 6.45) is -19.8. The predicted molar refractivity (Wildman–Crippen MR) is 42.7 cm³/mol. The molecular weight excluding hydrogens is 299 g/mol. The van der Waals surface area contributed by atoms with Gasteiger partial charge < -0.3 is 4.74 Å². The van der Waals surface area contributed by atoms with Gasteiger partial charge in [-0.05, 0) is 0 Å². The molecule has 0 saturated carbocycles. The van der Waals surface area contributed by atoms with Crippen molar-refractivity contribution in [1.29, 1.82) is 0 Å². The van der Waals surface area contributed by atoms with Crippen LogP contribution in [-0.4, -0.2) is 30.9 Å². The third-order valence-corrected chi connectivity index (χ3v) is 1.53. The molecular formula is C8H7F9O2. The van der Waals surface area contributed by atoms with Gasteiger partial charge in [-0.3, -0.25) is 4.74 Å². The summed E-state index contributed by atoms with van der Waals surface area (Å²) in [7, 11) is 0. The second-order valence-corrected chi connectivity index (χ2v) is 3.24. The lowest BCUT2D eigenvalue weighted by Gasteiger charge is -2.31. The van der Waals surface area contributed by atoms with Gasteiger partial charge in [0, 0.05) is 0 Å². The molecule has 2 nitrogen and oxygen atoms in total. The van der Waals surface area contributed by atoms with Crippen molar-refractivity contribution < 1.29 is 49.0 Å². The SMILES string of the molecule is C=COCC(F)(OC(F)(F)CC(F)(F)F)C(F)(F)F. The average molecular weight is 306 g/mol. The molecule has 114 valence electrons. The van der Waals surface area contributed by atoms with Crippen molar-refractivity contribution in [2.75, 3.05) is 6.61 Å². The molecule has 1 atom stereocenters. The molecule has 0 spiro atoms. The van der Waals surface area contributed by atoms with Crippen LogP contribution in [0.15, 0.2) is 12.8 Å². The molecule has 0 aliphatic rings. The van der Waals surface area contributed by atoms with Crippen molar-refractivity contribution in [3.8, 4) is 0 Å². The first kappa shape index (κ1) is 17.9. The highest BCUT2D eigenvalue weighted by Crippen LogP contribution is 2.42. The highest BCUT2D eigenvalue weighted by atomic mass is 19.4. The smallest absolute Gasteiger partial charge is 0.452 e. The quantitative estimate of drug-likeness (QED) is 0.547. The van der Waals surface area contributed by atoms with E-state index < -0.39 is 37.3 Å². The van der Waals surface area contributed by atoms with E-state index in [4.69, 9.17) is 0 Å². The molecule has 0 aromatic heterocycles. The zero-order valence-corrected chi connectivity index (χ0v) is 8.92. The molecule has 0 bridgehead atoms. The van der Waals surface area contributed by atoms with Crippen LogP contribution < -0.4 is 0 Å². The number of ether oxygens (including phenoxy) is 2. The van der Waals surface area contributed by atoms with E-state index >= 15 is 0 Å². The maximum atomic E-state index is 13.2. The molecule has 0 heterocycles. The molecule has 0 N–H and O–H groups in total. The van der Waals surface area contributed by atoms with Gasteiger partial charge >= 0.3 is 24.3 Å². The van der Waals surface area contributed by atoms with Crippen LogP contribution in [0.1, 0.15) is 6.42 Å². The van der Waals surface area contributed by atoms with Crippen molar-refractivity contribution in [3.05, 3.63) is 12.8 Å². The number of alkyl halides is 9. The second kappa shape index (κ2) is 5.47. The van der Waals surface area contributed by atoms with Gasteiger partial charge in [0.1, 0.15) is 6.42 Å². The van der Waals surface area contributed by atoms with Crippen LogP contribution in [-0.2, 0) is 9.47 Å². The standard InChI is InChI=1S/C8H7F9O2/c1-2-18-4-5(9,8(15,16)17)19-7(13,14)3-6(10,11)12/h2H,1,3-4H2. The Labute approximate surface area is 100 Å². The fourth-order valence-electron chi connectivity index (χ4n) is 0.841. The van der Waals surface area contributed by atoms with Gasteiger partial charge in [0.25, 0.3) is 0 Å². The van der Waals surface area contributed by atoms with E-state index in [1.54, 1.807) is 0 Å². The first-order valence-electron chi connectivity index (χ1n) is 4.35. The Hall–Kier alpha value is -1.13. The fraction of sp³-hybridized carbons (Fsp3) is 0.750. The second-order valence-electron chi connectivity index (χ2n) is 3.24. The van der Waals surface area contributed by atoms with Gasteiger partial charge in [-0.25, -0.2) is 0 Å². The van der Waals surface area contributed by atoms with Crippen LogP contribution in [0.2, 0.25) is 0 Å². The monoisotopic (exact) mass is 306 g/mol. The maximum absolute atomic E-state index is 13.2. The number of hydrogen-bond acceptors (Lipinski definition) is 2. The summed E-state index contributed by atoms with van der Waals surface area (Å²) in [5.41, 5.74) is 0. The van der Waals surface area contributed by atoms with Crippen LogP contribution in [0, 0.1) is 0 Å². The molecule has 11 heteroatoms. The summed E-state index contributed by atoms with van der Waals surface area (Å²) < 4.78 is 116. The number of rotatable bonds is 6. The third-order valence-electron chi connectivity index (χ3n) is 1.53. The van der Waals surface area contributed by atoms with Crippen LogP contribution in [0.3, 0.4) is 0 Å². The van der Waals surface area contributed by atoms with Crippen LogP contribution in [0.4, 0.5) is 39.5 Å². The van der Waals surface area contributed by atoms with Crippen LogP contribution in [0.5, 0.6) is 0 Å². The van der Waals surface area contributed by atoms with Crippen molar-refractivity contribution in [2.24, 2.45) is 0 Å². The summed E-state index contributed by atoms with van der Waals surface area (Å²) in [6, 6.07) is 0. The summed E-state index contributed by atoms with van der Waals surface area (Å²) in [6.45, 7) is 0.605. The molecule has 0 fully saturated rings. The minimum atomic E-state index is -6.02. The average Bonchev–Trinajstić information content (AvgIpc) is 2.07. The van der Waals surface area contributed by atoms with Gasteiger partial charge in [-0.15, -0.1) is 0 Å². The molecule has 0 saturated heterocycles. The highest BCUT2D eigenvalue weighted by molar-refractivity contribution is 4.81. The Balaban J connectivity index is 5.06. The van der Waals surface area contributed by atoms with E-state index in [2.05, 4.69) is 16.1 Å². The van der Waals surface area contributed by atoms with Gasteiger partial charge in [0.15, 0.2) is 6.61 Å². The Morgan fingerprint density at radius 1 is 0.895 bits per heavy atom. The molecule has 0 radical (unpaired) electrons. The zero-order valence-electron chi connectivity index (χ0n) is 8.92. The summed E-state index contributed by atoms with van der Waals surface area (Å²) in [4.78, 5) is 0. The van der Waals surface area contributed by atoms with Crippen molar-refractivity contribution in [3.63, 3.8) is 0 Å². The molecule has 0 amide bonds. The normalized spacial score (nSPS) is 16.9. The lowest BCUT2D eigenvalue weighted by Crippen LogP contribution is -2.52. The molecule has 0 aromatic carbocycles. The third kappa shape index (κ3) is 6.03. The first-order chi connectivity index (χ1) is 8.22. The van der Waals surface area contributed by atoms with Gasteiger partial charge in [-0.2, -0.15) is 39.5 Å². The predicted octanol–water partition coefficient (Wildman–Crippen LogP) is 3.94. The Morgan fingerprint density at radius 3 is 1.68 bits per heavy atom. The van der Waals surface area contributed by atoms with Gasteiger partial charge in [0.2, 0.25) is 0 Å². The van der Waals surface area contributed by atoms with Crippen molar-refractivity contribution in [1.82, 2.24) is 0 Å². The Bertz CT molecular complexity index is 308. The summed E-state index contributed by atoms with van der Waals surface area (Å²) in [5.74, 6) is -5.10. The van der Waals surface area contributed by atoms with E-state index in [1.807, 2.05) is 0 Å². The number of halogens is 9. The highest BCUT2D eigenvalue weighted by Gasteiger charge is 2.64. The molecule has 1 unspecified atom stereocenters. The Morgan fingerprint density at radius 2 is 1.37 bits per heavy atom. The van der Waals surface area contributed by atoms with Crippen molar-refractivity contribution in [2.45, 2.75) is 30.7 Å². The molecule has 0 rings (SSSR count). The summed E-state index contributed by atoms with van der Waals surface area (Å²) >= 11 is 0. The zero-order chi connectivity index (χ0) is 15.5. The topological polar surface area (TPSA) is 18.5 Å². The van der Waals surface area contributed by atoms with E-state index in [0.717, 1.165) is 0 Å². The largest absolute Gasteiger partial charge is 0.495 e. The van der Waals surface area contributed by atoms with Crippen LogP contribution >= 0.6 is 0 Å².